The Balaban J connectivity index is 3.28. The fourth-order valence-corrected chi connectivity index (χ4v) is 2.05. The standard InChI is InChI=1S/C14H19NO2/c1-5-11(8-9-15)12-7-6-10(2)13(16-3)14(12)17-4/h6-7,11H,5,8H2,1-4H3/t11-/m0/s1. The summed E-state index contributed by atoms with van der Waals surface area (Å²) in [5, 5.41) is 8.85. The smallest absolute Gasteiger partial charge is 0.164 e. The molecule has 0 amide bonds. The predicted octanol–water partition coefficient (Wildman–Crippen LogP) is 3.42. The topological polar surface area (TPSA) is 42.2 Å². The van der Waals surface area contributed by atoms with Crippen LogP contribution in [0.25, 0.3) is 0 Å². The van der Waals surface area contributed by atoms with Crippen molar-refractivity contribution in [1.82, 2.24) is 0 Å². The van der Waals surface area contributed by atoms with Crippen molar-refractivity contribution in [3.05, 3.63) is 23.3 Å². The van der Waals surface area contributed by atoms with Gasteiger partial charge in [0.1, 0.15) is 0 Å². The number of hydrogen-bond acceptors (Lipinski definition) is 3. The minimum absolute atomic E-state index is 0.199. The number of benzene rings is 1. The molecule has 1 aromatic rings. The number of hydrogen-bond donors (Lipinski definition) is 0. The maximum Gasteiger partial charge on any atom is 0.164 e. The van der Waals surface area contributed by atoms with Gasteiger partial charge in [-0.05, 0) is 18.9 Å². The van der Waals surface area contributed by atoms with Crippen LogP contribution >= 0.6 is 0 Å². The van der Waals surface area contributed by atoms with Crippen LogP contribution in [0.15, 0.2) is 12.1 Å². The van der Waals surface area contributed by atoms with Gasteiger partial charge >= 0.3 is 0 Å². The lowest BCUT2D eigenvalue weighted by Crippen LogP contribution is -2.03. The summed E-state index contributed by atoms with van der Waals surface area (Å²) in [6.45, 7) is 4.06. The molecule has 3 heteroatoms. The van der Waals surface area contributed by atoms with E-state index in [2.05, 4.69) is 13.0 Å². The molecule has 1 aromatic carbocycles. The summed E-state index contributed by atoms with van der Waals surface area (Å²) in [5.74, 6) is 1.72. The van der Waals surface area contributed by atoms with Gasteiger partial charge in [-0.1, -0.05) is 19.1 Å². The second-order valence-corrected chi connectivity index (χ2v) is 4.01. The zero-order chi connectivity index (χ0) is 12.8. The first-order valence-electron chi connectivity index (χ1n) is 5.77. The highest BCUT2D eigenvalue weighted by atomic mass is 16.5. The normalized spacial score (nSPS) is 11.7. The van der Waals surface area contributed by atoms with Gasteiger partial charge in [-0.3, -0.25) is 0 Å². The zero-order valence-corrected chi connectivity index (χ0v) is 10.9. The van der Waals surface area contributed by atoms with Gasteiger partial charge in [0.05, 0.1) is 20.3 Å². The van der Waals surface area contributed by atoms with Crippen LogP contribution < -0.4 is 9.47 Å². The molecule has 1 rings (SSSR count). The van der Waals surface area contributed by atoms with Gasteiger partial charge in [0, 0.05) is 17.9 Å². The number of methoxy groups -OCH3 is 2. The molecule has 0 spiro atoms. The Labute approximate surface area is 103 Å². The van der Waals surface area contributed by atoms with Gasteiger partial charge in [0.15, 0.2) is 11.5 Å². The molecule has 0 aliphatic rings. The number of aryl methyl sites for hydroxylation is 1. The number of ether oxygens (including phenoxy) is 2. The molecule has 0 unspecified atom stereocenters. The third kappa shape index (κ3) is 2.71. The first kappa shape index (κ1) is 13.4. The van der Waals surface area contributed by atoms with E-state index in [1.54, 1.807) is 14.2 Å². The highest BCUT2D eigenvalue weighted by Crippen LogP contribution is 2.40. The van der Waals surface area contributed by atoms with E-state index in [0.717, 1.165) is 29.0 Å². The highest BCUT2D eigenvalue weighted by molar-refractivity contribution is 5.53. The van der Waals surface area contributed by atoms with Crippen molar-refractivity contribution in [2.24, 2.45) is 0 Å². The minimum atomic E-state index is 0.199. The van der Waals surface area contributed by atoms with Crippen LogP contribution in [0.1, 0.15) is 36.8 Å². The Morgan fingerprint density at radius 1 is 1.24 bits per heavy atom. The third-order valence-electron chi connectivity index (χ3n) is 3.02. The summed E-state index contributed by atoms with van der Waals surface area (Å²) in [5.41, 5.74) is 2.10. The van der Waals surface area contributed by atoms with E-state index in [1.165, 1.54) is 0 Å². The number of rotatable bonds is 5. The number of nitriles is 1. The molecule has 92 valence electrons. The van der Waals surface area contributed by atoms with Crippen molar-refractivity contribution in [3.8, 4) is 17.6 Å². The monoisotopic (exact) mass is 233 g/mol. The summed E-state index contributed by atoms with van der Waals surface area (Å²) in [4.78, 5) is 0. The van der Waals surface area contributed by atoms with Gasteiger partial charge in [-0.2, -0.15) is 5.26 Å². The molecule has 0 radical (unpaired) electrons. The summed E-state index contributed by atoms with van der Waals surface area (Å²) >= 11 is 0. The van der Waals surface area contributed by atoms with E-state index >= 15 is 0 Å². The maximum absolute atomic E-state index is 8.85. The minimum Gasteiger partial charge on any atom is -0.493 e. The first-order valence-corrected chi connectivity index (χ1v) is 5.77. The molecule has 0 fully saturated rings. The molecular weight excluding hydrogens is 214 g/mol. The molecule has 0 heterocycles. The first-order chi connectivity index (χ1) is 8.19. The Kier molecular flexibility index (Phi) is 4.84. The van der Waals surface area contributed by atoms with Crippen LogP contribution in [0.5, 0.6) is 11.5 Å². The van der Waals surface area contributed by atoms with Crippen molar-refractivity contribution < 1.29 is 9.47 Å². The maximum atomic E-state index is 8.85. The van der Waals surface area contributed by atoms with Crippen molar-refractivity contribution in [3.63, 3.8) is 0 Å². The summed E-state index contributed by atoms with van der Waals surface area (Å²) < 4.78 is 10.8. The Hall–Kier alpha value is -1.69. The molecule has 0 bridgehead atoms. The molecule has 17 heavy (non-hydrogen) atoms. The van der Waals surface area contributed by atoms with Crippen LogP contribution in [0.3, 0.4) is 0 Å². The predicted molar refractivity (Wildman–Crippen MR) is 67.5 cm³/mol. The van der Waals surface area contributed by atoms with Crippen LogP contribution in [0.4, 0.5) is 0 Å². The van der Waals surface area contributed by atoms with Crippen molar-refractivity contribution in [2.45, 2.75) is 32.6 Å². The second-order valence-electron chi connectivity index (χ2n) is 4.01. The van der Waals surface area contributed by atoms with Gasteiger partial charge in [0.2, 0.25) is 0 Å². The highest BCUT2D eigenvalue weighted by Gasteiger charge is 2.19. The Morgan fingerprint density at radius 2 is 1.88 bits per heavy atom. The van der Waals surface area contributed by atoms with Gasteiger partial charge in [-0.15, -0.1) is 0 Å². The van der Waals surface area contributed by atoms with E-state index in [1.807, 2.05) is 19.1 Å². The molecule has 0 aliphatic carbocycles. The Bertz CT molecular complexity index is 421. The molecule has 0 N–H and O–H groups in total. The van der Waals surface area contributed by atoms with E-state index < -0.39 is 0 Å². The van der Waals surface area contributed by atoms with Gasteiger partial charge in [-0.25, -0.2) is 0 Å². The van der Waals surface area contributed by atoms with E-state index in [-0.39, 0.29) is 5.92 Å². The SMILES string of the molecule is CC[C@@H](CC#N)c1ccc(C)c(OC)c1OC. The van der Waals surface area contributed by atoms with E-state index in [0.29, 0.717) is 6.42 Å². The molecule has 0 saturated carbocycles. The summed E-state index contributed by atoms with van der Waals surface area (Å²) in [7, 11) is 3.28. The van der Waals surface area contributed by atoms with Crippen LogP contribution in [0.2, 0.25) is 0 Å². The fourth-order valence-electron chi connectivity index (χ4n) is 2.05. The lowest BCUT2D eigenvalue weighted by atomic mass is 9.91. The van der Waals surface area contributed by atoms with E-state index in [9.17, 15) is 0 Å². The molecule has 3 nitrogen and oxygen atoms in total. The zero-order valence-electron chi connectivity index (χ0n) is 10.9. The largest absolute Gasteiger partial charge is 0.493 e. The third-order valence-corrected chi connectivity index (χ3v) is 3.02. The fraction of sp³-hybridized carbons (Fsp3) is 0.500. The molecule has 0 aromatic heterocycles. The lowest BCUT2D eigenvalue weighted by molar-refractivity contribution is 0.347. The molecule has 1 atom stereocenters. The van der Waals surface area contributed by atoms with Crippen molar-refractivity contribution in [2.75, 3.05) is 14.2 Å². The summed E-state index contributed by atoms with van der Waals surface area (Å²) in [6, 6.07) is 6.26. The average molecular weight is 233 g/mol. The van der Waals surface area contributed by atoms with Gasteiger partial charge in [0.25, 0.3) is 0 Å². The average Bonchev–Trinajstić information content (AvgIpc) is 2.35. The van der Waals surface area contributed by atoms with Crippen molar-refractivity contribution >= 4 is 0 Å². The van der Waals surface area contributed by atoms with Crippen LogP contribution in [-0.4, -0.2) is 14.2 Å². The number of nitrogens with zero attached hydrogens (tertiary/aromatic N) is 1. The van der Waals surface area contributed by atoms with Crippen LogP contribution in [-0.2, 0) is 0 Å². The van der Waals surface area contributed by atoms with E-state index in [4.69, 9.17) is 14.7 Å². The van der Waals surface area contributed by atoms with Crippen molar-refractivity contribution in [1.29, 1.82) is 5.26 Å². The van der Waals surface area contributed by atoms with Gasteiger partial charge < -0.3 is 9.47 Å². The lowest BCUT2D eigenvalue weighted by Gasteiger charge is -2.19. The Morgan fingerprint density at radius 3 is 2.35 bits per heavy atom. The molecular formula is C14H19NO2. The van der Waals surface area contributed by atoms with Crippen LogP contribution in [0, 0.1) is 18.3 Å². The summed E-state index contributed by atoms with van der Waals surface area (Å²) in [6.07, 6.45) is 1.41. The quantitative estimate of drug-likeness (QED) is 0.782. The molecule has 0 saturated heterocycles. The molecule has 0 aliphatic heterocycles. The second kappa shape index (κ2) is 6.15.